The molecule has 3 aromatic carbocycles. The SMILES string of the molecule is COc1cc(CNC(C)CCc2ccccc2)c(Br)cc1OCC(=O)Nc1ccc(C)cc1. The maximum atomic E-state index is 12.3. The van der Waals surface area contributed by atoms with E-state index in [9.17, 15) is 4.79 Å². The number of carbonyl (C=O) groups is 1. The summed E-state index contributed by atoms with van der Waals surface area (Å²) in [6.45, 7) is 4.79. The highest BCUT2D eigenvalue weighted by molar-refractivity contribution is 9.10. The van der Waals surface area contributed by atoms with E-state index in [0.717, 1.165) is 34.1 Å². The van der Waals surface area contributed by atoms with Crippen LogP contribution in [0.5, 0.6) is 11.5 Å². The molecule has 0 aliphatic carbocycles. The predicted octanol–water partition coefficient (Wildman–Crippen LogP) is 5.89. The molecule has 1 amide bonds. The van der Waals surface area contributed by atoms with Gasteiger partial charge in [-0.1, -0.05) is 64.0 Å². The minimum atomic E-state index is -0.227. The first-order chi connectivity index (χ1) is 15.9. The third-order valence-electron chi connectivity index (χ3n) is 5.38. The number of amides is 1. The summed E-state index contributed by atoms with van der Waals surface area (Å²) in [7, 11) is 1.60. The Balaban J connectivity index is 1.52. The molecule has 0 bridgehead atoms. The van der Waals surface area contributed by atoms with Crippen molar-refractivity contribution in [2.75, 3.05) is 19.0 Å². The molecule has 33 heavy (non-hydrogen) atoms. The van der Waals surface area contributed by atoms with Crippen LogP contribution in [0.2, 0.25) is 0 Å². The summed E-state index contributed by atoms with van der Waals surface area (Å²) in [4.78, 5) is 12.3. The Labute approximate surface area is 204 Å². The summed E-state index contributed by atoms with van der Waals surface area (Å²) < 4.78 is 12.2. The zero-order valence-electron chi connectivity index (χ0n) is 19.4. The van der Waals surface area contributed by atoms with Crippen molar-refractivity contribution in [3.63, 3.8) is 0 Å². The van der Waals surface area contributed by atoms with Crippen LogP contribution in [-0.4, -0.2) is 25.7 Å². The van der Waals surface area contributed by atoms with Crippen molar-refractivity contribution in [3.8, 4) is 11.5 Å². The van der Waals surface area contributed by atoms with Crippen LogP contribution in [0, 0.1) is 6.92 Å². The molecule has 0 saturated heterocycles. The van der Waals surface area contributed by atoms with Gasteiger partial charge in [-0.2, -0.15) is 0 Å². The molecule has 0 spiro atoms. The number of halogens is 1. The van der Waals surface area contributed by atoms with Gasteiger partial charge >= 0.3 is 0 Å². The normalized spacial score (nSPS) is 11.6. The molecule has 0 aliphatic heterocycles. The zero-order valence-corrected chi connectivity index (χ0v) is 20.9. The van der Waals surface area contributed by atoms with Gasteiger partial charge in [-0.25, -0.2) is 0 Å². The largest absolute Gasteiger partial charge is 0.493 e. The number of aryl methyl sites for hydroxylation is 2. The molecule has 3 rings (SSSR count). The molecular weight excluding hydrogens is 480 g/mol. The Kier molecular flexibility index (Phi) is 9.34. The highest BCUT2D eigenvalue weighted by Crippen LogP contribution is 2.33. The minimum absolute atomic E-state index is 0.106. The lowest BCUT2D eigenvalue weighted by Gasteiger charge is -2.17. The van der Waals surface area contributed by atoms with Gasteiger partial charge in [0.2, 0.25) is 0 Å². The molecule has 2 N–H and O–H groups in total. The van der Waals surface area contributed by atoms with Crippen LogP contribution < -0.4 is 20.1 Å². The second-order valence-corrected chi connectivity index (χ2v) is 8.96. The molecule has 1 atom stereocenters. The summed E-state index contributed by atoms with van der Waals surface area (Å²) >= 11 is 3.63. The van der Waals surface area contributed by atoms with E-state index in [2.05, 4.69) is 57.8 Å². The fourth-order valence-corrected chi connectivity index (χ4v) is 3.84. The highest BCUT2D eigenvalue weighted by atomic mass is 79.9. The van der Waals surface area contributed by atoms with Gasteiger partial charge in [0, 0.05) is 22.7 Å². The summed E-state index contributed by atoms with van der Waals surface area (Å²) in [6.07, 6.45) is 2.09. The number of carbonyl (C=O) groups excluding carboxylic acids is 1. The molecule has 3 aromatic rings. The van der Waals surface area contributed by atoms with Gasteiger partial charge in [0.1, 0.15) is 0 Å². The van der Waals surface area contributed by atoms with E-state index < -0.39 is 0 Å². The van der Waals surface area contributed by atoms with Crippen LogP contribution in [0.4, 0.5) is 5.69 Å². The van der Waals surface area contributed by atoms with Crippen molar-refractivity contribution in [1.82, 2.24) is 5.32 Å². The number of rotatable bonds is 11. The minimum Gasteiger partial charge on any atom is -0.493 e. The number of hydrogen-bond acceptors (Lipinski definition) is 4. The van der Waals surface area contributed by atoms with Gasteiger partial charge in [0.25, 0.3) is 5.91 Å². The number of anilines is 1. The van der Waals surface area contributed by atoms with E-state index in [1.54, 1.807) is 7.11 Å². The van der Waals surface area contributed by atoms with Crippen molar-refractivity contribution >= 4 is 27.5 Å². The Morgan fingerprint density at radius 3 is 2.45 bits per heavy atom. The molecule has 0 aliphatic rings. The van der Waals surface area contributed by atoms with E-state index in [1.807, 2.05) is 49.4 Å². The average Bonchev–Trinajstić information content (AvgIpc) is 2.82. The van der Waals surface area contributed by atoms with Crippen LogP contribution in [0.15, 0.2) is 71.2 Å². The third kappa shape index (κ3) is 7.91. The molecule has 0 aromatic heterocycles. The first-order valence-corrected chi connectivity index (χ1v) is 11.9. The van der Waals surface area contributed by atoms with Crippen LogP contribution in [-0.2, 0) is 17.8 Å². The van der Waals surface area contributed by atoms with E-state index >= 15 is 0 Å². The number of methoxy groups -OCH3 is 1. The topological polar surface area (TPSA) is 59.6 Å². The standard InChI is InChI=1S/C27H31BrN2O3/c1-19-9-13-23(14-10-19)30-27(31)18-33-26-16-24(28)22(15-25(26)32-3)17-29-20(2)11-12-21-7-5-4-6-8-21/h4-10,13-16,20,29H,11-12,17-18H2,1-3H3,(H,30,31). The van der Waals surface area contributed by atoms with Gasteiger partial charge in [0.15, 0.2) is 18.1 Å². The predicted molar refractivity (Wildman–Crippen MR) is 137 cm³/mol. The smallest absolute Gasteiger partial charge is 0.262 e. The monoisotopic (exact) mass is 510 g/mol. The van der Waals surface area contributed by atoms with Crippen molar-refractivity contribution in [3.05, 3.63) is 87.9 Å². The van der Waals surface area contributed by atoms with Gasteiger partial charge in [-0.3, -0.25) is 4.79 Å². The summed E-state index contributed by atoms with van der Waals surface area (Å²) in [5, 5.41) is 6.40. The van der Waals surface area contributed by atoms with Gasteiger partial charge in [-0.05, 0) is 62.1 Å². The van der Waals surface area contributed by atoms with Gasteiger partial charge in [0.05, 0.1) is 7.11 Å². The maximum absolute atomic E-state index is 12.3. The van der Waals surface area contributed by atoms with Crippen LogP contribution >= 0.6 is 15.9 Å². The molecule has 0 fully saturated rings. The Bertz CT molecular complexity index is 1040. The van der Waals surface area contributed by atoms with E-state index in [1.165, 1.54) is 5.56 Å². The Morgan fingerprint density at radius 2 is 1.76 bits per heavy atom. The van der Waals surface area contributed by atoms with Crippen LogP contribution in [0.3, 0.4) is 0 Å². The first-order valence-electron chi connectivity index (χ1n) is 11.1. The Morgan fingerprint density at radius 1 is 1.03 bits per heavy atom. The van der Waals surface area contributed by atoms with E-state index in [-0.39, 0.29) is 12.5 Å². The number of nitrogens with one attached hydrogen (secondary N) is 2. The molecule has 0 saturated carbocycles. The van der Waals surface area contributed by atoms with E-state index in [0.29, 0.717) is 24.1 Å². The first kappa shape index (κ1) is 24.8. The molecule has 0 heterocycles. The molecule has 6 heteroatoms. The number of ether oxygens (including phenoxy) is 2. The second-order valence-electron chi connectivity index (χ2n) is 8.10. The average molecular weight is 511 g/mol. The number of hydrogen-bond donors (Lipinski definition) is 2. The molecule has 1 unspecified atom stereocenters. The van der Waals surface area contributed by atoms with Crippen molar-refractivity contribution in [2.24, 2.45) is 0 Å². The summed E-state index contributed by atoms with van der Waals surface area (Å²) in [5.41, 5.74) is 4.29. The Hall–Kier alpha value is -2.83. The van der Waals surface area contributed by atoms with Crippen molar-refractivity contribution in [1.29, 1.82) is 0 Å². The molecule has 5 nitrogen and oxygen atoms in total. The van der Waals surface area contributed by atoms with Crippen molar-refractivity contribution in [2.45, 2.75) is 39.3 Å². The lowest BCUT2D eigenvalue weighted by Crippen LogP contribution is -2.26. The van der Waals surface area contributed by atoms with Gasteiger partial charge < -0.3 is 20.1 Å². The van der Waals surface area contributed by atoms with Crippen molar-refractivity contribution < 1.29 is 14.3 Å². The maximum Gasteiger partial charge on any atom is 0.262 e. The fraction of sp³-hybridized carbons (Fsp3) is 0.296. The molecule has 0 radical (unpaired) electrons. The highest BCUT2D eigenvalue weighted by Gasteiger charge is 2.13. The fourth-order valence-electron chi connectivity index (χ4n) is 3.38. The van der Waals surface area contributed by atoms with E-state index in [4.69, 9.17) is 9.47 Å². The summed E-state index contributed by atoms with van der Waals surface area (Å²) in [5.74, 6) is 0.884. The zero-order chi connectivity index (χ0) is 23.6. The molecule has 174 valence electrons. The van der Waals surface area contributed by atoms with Crippen LogP contribution in [0.25, 0.3) is 0 Å². The molecular formula is C27H31BrN2O3. The third-order valence-corrected chi connectivity index (χ3v) is 6.11. The van der Waals surface area contributed by atoms with Crippen LogP contribution in [0.1, 0.15) is 30.0 Å². The number of benzene rings is 3. The lowest BCUT2D eigenvalue weighted by atomic mass is 10.1. The summed E-state index contributed by atoms with van der Waals surface area (Å²) in [6, 6.07) is 22.3. The lowest BCUT2D eigenvalue weighted by molar-refractivity contribution is -0.118. The second kappa shape index (κ2) is 12.4. The quantitative estimate of drug-likeness (QED) is 0.337. The van der Waals surface area contributed by atoms with Gasteiger partial charge in [-0.15, -0.1) is 0 Å².